The van der Waals surface area contributed by atoms with Gasteiger partial charge in [0.05, 0.1) is 82.6 Å². The van der Waals surface area contributed by atoms with E-state index >= 15 is 0 Å². The number of ether oxygens (including phenoxy) is 6. The highest BCUT2D eigenvalue weighted by atomic mass is 16.6. The number of hydrogen-bond donors (Lipinski definition) is 1. The van der Waals surface area contributed by atoms with Gasteiger partial charge in [-0.05, 0) is 62.1 Å². The first kappa shape index (κ1) is 38.7. The highest BCUT2D eigenvalue weighted by molar-refractivity contribution is 6.08. The lowest BCUT2D eigenvalue weighted by atomic mass is 10.0. The predicted molar refractivity (Wildman–Crippen MR) is 205 cm³/mol. The number of pyridine rings is 1. The lowest BCUT2D eigenvalue weighted by molar-refractivity contribution is -0.137. The zero-order valence-corrected chi connectivity index (χ0v) is 31.7. The highest BCUT2D eigenvalue weighted by Crippen LogP contribution is 2.38. The summed E-state index contributed by atoms with van der Waals surface area (Å²) in [5.74, 6) is -0.407. The van der Waals surface area contributed by atoms with Gasteiger partial charge in [0, 0.05) is 61.0 Å². The molecule has 5 heterocycles. The predicted octanol–water partition coefficient (Wildman–Crippen LogP) is 4.18. The van der Waals surface area contributed by atoms with E-state index in [9.17, 15) is 14.4 Å². The summed E-state index contributed by atoms with van der Waals surface area (Å²) in [6, 6.07) is 13.3. The second-order valence-electron chi connectivity index (χ2n) is 14.1. The van der Waals surface area contributed by atoms with Gasteiger partial charge in [-0.25, -0.2) is 0 Å². The monoisotopic (exact) mass is 757 g/mol. The first-order valence-electron chi connectivity index (χ1n) is 19.3. The number of rotatable bonds is 19. The van der Waals surface area contributed by atoms with E-state index < -0.39 is 11.9 Å². The molecule has 1 N–H and O–H groups in total. The van der Waals surface area contributed by atoms with E-state index in [0.717, 1.165) is 31.5 Å². The van der Waals surface area contributed by atoms with E-state index in [1.54, 1.807) is 11.0 Å². The van der Waals surface area contributed by atoms with Gasteiger partial charge >= 0.3 is 0 Å². The Hall–Kier alpha value is -4.60. The van der Waals surface area contributed by atoms with Crippen LogP contribution in [-0.4, -0.2) is 123 Å². The van der Waals surface area contributed by atoms with Crippen molar-refractivity contribution in [1.29, 1.82) is 0 Å². The van der Waals surface area contributed by atoms with Crippen molar-refractivity contribution in [3.05, 3.63) is 66.0 Å². The van der Waals surface area contributed by atoms with Crippen molar-refractivity contribution in [2.45, 2.75) is 50.8 Å². The van der Waals surface area contributed by atoms with Gasteiger partial charge in [0.2, 0.25) is 11.8 Å². The third-order valence-corrected chi connectivity index (χ3v) is 10.7. The Bertz CT molecular complexity index is 1960. The molecule has 294 valence electrons. The number of nitrogens with zero attached hydrogens (tertiary/aromatic N) is 4. The molecule has 0 spiro atoms. The number of aryl methyl sites for hydroxylation is 1. The van der Waals surface area contributed by atoms with E-state index in [1.165, 1.54) is 27.5 Å². The van der Waals surface area contributed by atoms with Crippen molar-refractivity contribution < 1.29 is 42.8 Å². The van der Waals surface area contributed by atoms with Crippen molar-refractivity contribution >= 4 is 45.2 Å². The summed E-state index contributed by atoms with van der Waals surface area (Å²) < 4.78 is 36.6. The molecule has 3 aliphatic heterocycles. The number of carbonyl (C=O) groups excluding carboxylic acids is 3. The van der Waals surface area contributed by atoms with Crippen LogP contribution in [0, 0.1) is 0 Å². The summed E-state index contributed by atoms with van der Waals surface area (Å²) in [5, 5.41) is 4.77. The van der Waals surface area contributed by atoms with Gasteiger partial charge in [-0.15, -0.1) is 0 Å². The fraction of sp³-hybridized carbons (Fsp3) is 0.512. The Morgan fingerprint density at radius 3 is 2.16 bits per heavy atom. The van der Waals surface area contributed by atoms with Crippen LogP contribution in [0.1, 0.15) is 54.6 Å². The maximum absolute atomic E-state index is 13.2. The molecule has 0 aliphatic carbocycles. The van der Waals surface area contributed by atoms with E-state index in [-0.39, 0.29) is 30.4 Å². The van der Waals surface area contributed by atoms with Gasteiger partial charge in [-0.2, -0.15) is 0 Å². The Morgan fingerprint density at radius 1 is 0.764 bits per heavy atom. The summed E-state index contributed by atoms with van der Waals surface area (Å²) >= 11 is 0. The van der Waals surface area contributed by atoms with Gasteiger partial charge in [0.25, 0.3) is 5.91 Å². The molecule has 14 heteroatoms. The maximum Gasteiger partial charge on any atom is 0.255 e. The molecule has 14 nitrogen and oxygen atoms in total. The summed E-state index contributed by atoms with van der Waals surface area (Å²) in [4.78, 5) is 45.4. The number of aromatic nitrogens is 2. The van der Waals surface area contributed by atoms with Crippen LogP contribution < -0.4 is 15.0 Å². The van der Waals surface area contributed by atoms with Gasteiger partial charge in [-0.3, -0.25) is 24.7 Å². The van der Waals surface area contributed by atoms with E-state index in [0.29, 0.717) is 83.8 Å². The highest BCUT2D eigenvalue weighted by Gasteiger charge is 2.43. The summed E-state index contributed by atoms with van der Waals surface area (Å²) in [6.07, 6.45) is 6.57. The zero-order valence-electron chi connectivity index (χ0n) is 31.7. The molecule has 4 aromatic rings. The van der Waals surface area contributed by atoms with Crippen LogP contribution in [0.15, 0.2) is 54.9 Å². The number of piperidine rings is 2. The second kappa shape index (κ2) is 18.4. The molecular weight excluding hydrogens is 706 g/mol. The number of fused-ring (bicyclic) bond motifs is 4. The number of benzene rings is 2. The Labute approximate surface area is 320 Å². The van der Waals surface area contributed by atoms with Gasteiger partial charge in [0.1, 0.15) is 18.4 Å². The molecule has 2 fully saturated rings. The fourth-order valence-electron chi connectivity index (χ4n) is 7.77. The van der Waals surface area contributed by atoms with Crippen molar-refractivity contribution in [3.63, 3.8) is 0 Å². The lowest BCUT2D eigenvalue weighted by Gasteiger charge is -2.33. The Balaban J connectivity index is 0.669. The molecule has 2 unspecified atom stereocenters. The minimum absolute atomic E-state index is 0.218. The largest absolute Gasteiger partial charge is 0.491 e. The summed E-state index contributed by atoms with van der Waals surface area (Å²) in [7, 11) is 2.12. The minimum Gasteiger partial charge on any atom is -0.491 e. The fourth-order valence-corrected chi connectivity index (χ4v) is 7.77. The van der Waals surface area contributed by atoms with E-state index in [4.69, 9.17) is 28.4 Å². The third kappa shape index (κ3) is 9.11. The SMILES string of the molecule is CC1c2ccc(OCCOCCOCCOCCOCCOC3CCN(c4ccc5c6cnccc6n(C)c5c4)CC3)cc2C(=O)N1C1CCC(=O)NC1=O. The average Bonchev–Trinajstić information content (AvgIpc) is 3.62. The topological polar surface area (TPSA) is 143 Å². The second-order valence-corrected chi connectivity index (χ2v) is 14.1. The van der Waals surface area contributed by atoms with Gasteiger partial charge < -0.3 is 42.8 Å². The molecule has 2 aromatic carbocycles. The Kier molecular flexibility index (Phi) is 12.9. The first-order chi connectivity index (χ1) is 26.9. The number of nitrogens with one attached hydrogen (secondary N) is 1. The molecule has 3 amide bonds. The summed E-state index contributed by atoms with van der Waals surface area (Å²) in [6.45, 7) is 8.43. The molecule has 3 aliphatic rings. The molecule has 2 aromatic heterocycles. The Morgan fingerprint density at radius 2 is 1.45 bits per heavy atom. The molecular formula is C41H51N5O9. The molecule has 2 saturated heterocycles. The third-order valence-electron chi connectivity index (χ3n) is 10.7. The molecule has 7 rings (SSSR count). The number of anilines is 1. The van der Waals surface area contributed by atoms with E-state index in [1.807, 2.05) is 31.5 Å². The van der Waals surface area contributed by atoms with Crippen LogP contribution in [0.4, 0.5) is 5.69 Å². The van der Waals surface area contributed by atoms with Crippen molar-refractivity contribution in [1.82, 2.24) is 19.8 Å². The minimum atomic E-state index is -0.659. The number of amides is 3. The first-order valence-corrected chi connectivity index (χ1v) is 19.3. The lowest BCUT2D eigenvalue weighted by Crippen LogP contribution is -2.53. The summed E-state index contributed by atoms with van der Waals surface area (Å²) in [5.41, 5.74) is 5.03. The number of carbonyl (C=O) groups is 3. The van der Waals surface area contributed by atoms with Crippen molar-refractivity contribution in [2.75, 3.05) is 84.1 Å². The number of imide groups is 1. The van der Waals surface area contributed by atoms with Crippen LogP contribution in [0.3, 0.4) is 0 Å². The van der Waals surface area contributed by atoms with Crippen LogP contribution in [-0.2, 0) is 40.3 Å². The van der Waals surface area contributed by atoms with Crippen LogP contribution in [0.5, 0.6) is 5.75 Å². The zero-order chi connectivity index (χ0) is 38.1. The van der Waals surface area contributed by atoms with Gasteiger partial charge in [0.15, 0.2) is 0 Å². The van der Waals surface area contributed by atoms with Crippen LogP contribution in [0.2, 0.25) is 0 Å². The quantitative estimate of drug-likeness (QED) is 0.109. The molecule has 0 saturated carbocycles. The standard InChI is InChI=1S/C41H51N5O9/c1-28-32-6-4-31(26-34(32)41(49)46(28)37-7-8-39(47)43-40(37)48)55-24-22-53-20-18-51-16-15-50-17-19-52-21-23-54-30-10-13-45(14-11-30)29-3-5-33-35-27-42-12-9-36(35)44(2)38(33)25-29/h3-6,9,12,25-28,30,37H,7-8,10-11,13-24H2,1-2H3,(H,43,47,48). The normalized spacial score (nSPS) is 19.1. The molecule has 55 heavy (non-hydrogen) atoms. The smallest absolute Gasteiger partial charge is 0.255 e. The van der Waals surface area contributed by atoms with Crippen LogP contribution in [0.25, 0.3) is 21.8 Å². The van der Waals surface area contributed by atoms with Crippen molar-refractivity contribution in [3.8, 4) is 5.75 Å². The molecule has 0 bridgehead atoms. The van der Waals surface area contributed by atoms with Gasteiger partial charge in [-0.1, -0.05) is 12.1 Å². The van der Waals surface area contributed by atoms with Crippen molar-refractivity contribution in [2.24, 2.45) is 7.05 Å². The number of hydrogen-bond acceptors (Lipinski definition) is 11. The maximum atomic E-state index is 13.2. The van der Waals surface area contributed by atoms with E-state index in [2.05, 4.69) is 51.1 Å². The average molecular weight is 758 g/mol. The molecule has 2 atom stereocenters. The molecule has 0 radical (unpaired) electrons. The van der Waals surface area contributed by atoms with Crippen LogP contribution >= 0.6 is 0 Å².